The standard InChI is InChI=1S/C18H15ClN8O2S2/c1-10(13-7-8-14(19)31-13)21-23-18(28)15-12(9-30-11-5-3-2-4-6-11)27(26-22-15)17-16(20)24-29-25-17/h2-8H,9H2,1H3,(H2,20,24)(H,23,28)/b21-10-. The first-order valence-electron chi connectivity index (χ1n) is 8.84. The molecule has 1 amide bonds. The zero-order valence-electron chi connectivity index (χ0n) is 16.0. The summed E-state index contributed by atoms with van der Waals surface area (Å²) in [6.07, 6.45) is 0. The van der Waals surface area contributed by atoms with E-state index in [-0.39, 0.29) is 17.3 Å². The predicted molar refractivity (Wildman–Crippen MR) is 119 cm³/mol. The molecule has 3 heterocycles. The summed E-state index contributed by atoms with van der Waals surface area (Å²) in [5.41, 5.74) is 9.50. The zero-order valence-corrected chi connectivity index (χ0v) is 18.4. The van der Waals surface area contributed by atoms with Crippen molar-refractivity contribution in [1.82, 2.24) is 30.7 Å². The number of anilines is 1. The molecule has 0 radical (unpaired) electrons. The van der Waals surface area contributed by atoms with Gasteiger partial charge < -0.3 is 5.73 Å². The van der Waals surface area contributed by atoms with Crippen molar-refractivity contribution in [3.05, 3.63) is 63.1 Å². The van der Waals surface area contributed by atoms with Gasteiger partial charge in [0, 0.05) is 10.6 Å². The van der Waals surface area contributed by atoms with E-state index in [9.17, 15) is 4.79 Å². The first-order chi connectivity index (χ1) is 15.0. The Hall–Kier alpha value is -3.22. The van der Waals surface area contributed by atoms with Crippen LogP contribution in [0.4, 0.5) is 5.82 Å². The Morgan fingerprint density at radius 3 is 2.77 bits per heavy atom. The molecule has 0 saturated heterocycles. The molecular formula is C18H15ClN8O2S2. The molecule has 3 aromatic heterocycles. The third kappa shape index (κ3) is 4.76. The molecule has 0 spiro atoms. The molecule has 0 aliphatic rings. The Morgan fingerprint density at radius 2 is 2.10 bits per heavy atom. The fourth-order valence-electron chi connectivity index (χ4n) is 2.54. The highest BCUT2D eigenvalue weighted by Crippen LogP contribution is 2.26. The second kappa shape index (κ2) is 9.29. The van der Waals surface area contributed by atoms with Crippen molar-refractivity contribution in [1.29, 1.82) is 0 Å². The Morgan fingerprint density at radius 1 is 1.29 bits per heavy atom. The summed E-state index contributed by atoms with van der Waals surface area (Å²) in [6, 6.07) is 13.3. The van der Waals surface area contributed by atoms with E-state index in [4.69, 9.17) is 17.3 Å². The van der Waals surface area contributed by atoms with E-state index < -0.39 is 5.91 Å². The first kappa shape index (κ1) is 21.0. The van der Waals surface area contributed by atoms with Crippen molar-refractivity contribution in [3.8, 4) is 5.82 Å². The molecule has 0 atom stereocenters. The SMILES string of the molecule is C/C(=N/NC(=O)c1nnn(-c2nonc2N)c1CSc1ccccc1)c1ccc(Cl)s1. The number of halogens is 1. The van der Waals surface area contributed by atoms with Crippen LogP contribution in [-0.4, -0.2) is 36.9 Å². The number of rotatable bonds is 7. The molecule has 3 N–H and O–H groups in total. The highest BCUT2D eigenvalue weighted by atomic mass is 35.5. The van der Waals surface area contributed by atoms with Gasteiger partial charge in [-0.25, -0.2) is 10.1 Å². The molecular weight excluding hydrogens is 460 g/mol. The Bertz CT molecular complexity index is 1230. The largest absolute Gasteiger partial charge is 0.378 e. The van der Waals surface area contributed by atoms with Crippen molar-refractivity contribution in [3.63, 3.8) is 0 Å². The van der Waals surface area contributed by atoms with Crippen molar-refractivity contribution in [2.45, 2.75) is 17.6 Å². The van der Waals surface area contributed by atoms with Crippen LogP contribution in [0.1, 0.15) is 28.0 Å². The van der Waals surface area contributed by atoms with E-state index in [1.165, 1.54) is 27.8 Å². The van der Waals surface area contributed by atoms with Crippen LogP contribution in [0, 0.1) is 0 Å². The van der Waals surface area contributed by atoms with Gasteiger partial charge in [0.15, 0.2) is 5.69 Å². The lowest BCUT2D eigenvalue weighted by atomic mass is 10.3. The van der Waals surface area contributed by atoms with Gasteiger partial charge in [-0.3, -0.25) is 4.79 Å². The number of carbonyl (C=O) groups is 1. The lowest BCUT2D eigenvalue weighted by Crippen LogP contribution is -2.21. The summed E-state index contributed by atoms with van der Waals surface area (Å²) in [5, 5.41) is 19.5. The molecule has 31 heavy (non-hydrogen) atoms. The summed E-state index contributed by atoms with van der Waals surface area (Å²) in [7, 11) is 0. The van der Waals surface area contributed by atoms with Crippen LogP contribution in [0.15, 0.2) is 57.1 Å². The van der Waals surface area contributed by atoms with E-state index in [1.54, 1.807) is 13.0 Å². The molecule has 13 heteroatoms. The maximum Gasteiger partial charge on any atom is 0.293 e. The summed E-state index contributed by atoms with van der Waals surface area (Å²) < 4.78 is 6.64. The number of nitrogens with one attached hydrogen (secondary N) is 1. The molecule has 10 nitrogen and oxygen atoms in total. The van der Waals surface area contributed by atoms with Gasteiger partial charge in [0.25, 0.3) is 5.91 Å². The van der Waals surface area contributed by atoms with Crippen LogP contribution >= 0.6 is 34.7 Å². The van der Waals surface area contributed by atoms with Crippen molar-refractivity contribution >= 4 is 52.1 Å². The quantitative estimate of drug-likeness (QED) is 0.236. The second-order valence-corrected chi connectivity index (χ2v) is 8.88. The number of carbonyl (C=O) groups excluding carboxylic acids is 1. The fourth-order valence-corrected chi connectivity index (χ4v) is 4.44. The van der Waals surface area contributed by atoms with E-state index in [1.807, 2.05) is 36.4 Å². The maximum atomic E-state index is 12.8. The van der Waals surface area contributed by atoms with Gasteiger partial charge in [-0.05, 0) is 41.5 Å². The predicted octanol–water partition coefficient (Wildman–Crippen LogP) is 3.39. The third-order valence-electron chi connectivity index (χ3n) is 4.05. The minimum absolute atomic E-state index is 0.0336. The molecule has 0 bridgehead atoms. The normalized spacial score (nSPS) is 11.6. The topological polar surface area (TPSA) is 137 Å². The lowest BCUT2D eigenvalue weighted by Gasteiger charge is -2.06. The van der Waals surface area contributed by atoms with Gasteiger partial charge in [0.2, 0.25) is 11.6 Å². The fraction of sp³-hybridized carbons (Fsp3) is 0.111. The van der Waals surface area contributed by atoms with Crippen LogP contribution in [0.25, 0.3) is 5.82 Å². The minimum Gasteiger partial charge on any atom is -0.378 e. The highest BCUT2D eigenvalue weighted by Gasteiger charge is 2.24. The van der Waals surface area contributed by atoms with Crippen LogP contribution < -0.4 is 11.2 Å². The van der Waals surface area contributed by atoms with Crippen LogP contribution in [0.2, 0.25) is 4.34 Å². The summed E-state index contributed by atoms with van der Waals surface area (Å²) >= 11 is 8.82. The van der Waals surface area contributed by atoms with Crippen LogP contribution in [0.5, 0.6) is 0 Å². The molecule has 0 saturated carbocycles. The number of thiophene rings is 1. The number of thioether (sulfide) groups is 1. The number of nitrogen functional groups attached to an aromatic ring is 1. The summed E-state index contributed by atoms with van der Waals surface area (Å²) in [4.78, 5) is 14.7. The summed E-state index contributed by atoms with van der Waals surface area (Å²) in [5.74, 6) is 0.0382. The average molecular weight is 475 g/mol. The molecule has 4 rings (SSSR count). The minimum atomic E-state index is -0.521. The van der Waals surface area contributed by atoms with E-state index >= 15 is 0 Å². The van der Waals surface area contributed by atoms with E-state index in [0.717, 1.165) is 9.77 Å². The van der Waals surface area contributed by atoms with Gasteiger partial charge in [-0.2, -0.15) is 9.78 Å². The number of benzene rings is 1. The monoisotopic (exact) mass is 474 g/mol. The second-order valence-electron chi connectivity index (χ2n) is 6.11. The van der Waals surface area contributed by atoms with Crippen LogP contribution in [-0.2, 0) is 5.75 Å². The lowest BCUT2D eigenvalue weighted by molar-refractivity contribution is 0.0949. The first-order valence-corrected chi connectivity index (χ1v) is 11.0. The van der Waals surface area contributed by atoms with Crippen molar-refractivity contribution in [2.24, 2.45) is 5.10 Å². The molecule has 1 aromatic carbocycles. The molecule has 0 fully saturated rings. The molecule has 0 aliphatic carbocycles. The van der Waals surface area contributed by atoms with Gasteiger partial charge in [0.1, 0.15) is 0 Å². The number of aromatic nitrogens is 5. The maximum absolute atomic E-state index is 12.8. The Labute approximate surface area is 189 Å². The Balaban J connectivity index is 1.61. The highest BCUT2D eigenvalue weighted by molar-refractivity contribution is 7.98. The smallest absolute Gasteiger partial charge is 0.293 e. The number of amides is 1. The Kier molecular flexibility index (Phi) is 6.30. The zero-order chi connectivity index (χ0) is 21.8. The number of hydrogen-bond donors (Lipinski definition) is 2. The number of hydrogen-bond acceptors (Lipinski definition) is 10. The van der Waals surface area contributed by atoms with Gasteiger partial charge in [0.05, 0.1) is 20.6 Å². The van der Waals surface area contributed by atoms with Gasteiger partial charge in [-0.1, -0.05) is 35.0 Å². The van der Waals surface area contributed by atoms with Crippen LogP contribution in [0.3, 0.4) is 0 Å². The summed E-state index contributed by atoms with van der Waals surface area (Å²) in [6.45, 7) is 1.77. The van der Waals surface area contributed by atoms with E-state index in [2.05, 4.69) is 35.8 Å². The van der Waals surface area contributed by atoms with Gasteiger partial charge in [-0.15, -0.1) is 28.2 Å². The number of hydrazone groups is 1. The molecule has 158 valence electrons. The van der Waals surface area contributed by atoms with Crippen molar-refractivity contribution < 1.29 is 9.42 Å². The third-order valence-corrected chi connectivity index (χ3v) is 6.41. The number of nitrogens with zero attached hydrogens (tertiary/aromatic N) is 6. The number of nitrogens with two attached hydrogens (primary N) is 1. The molecule has 0 unspecified atom stereocenters. The average Bonchev–Trinajstić information content (AvgIpc) is 3.50. The van der Waals surface area contributed by atoms with Gasteiger partial charge >= 0.3 is 0 Å². The molecule has 0 aliphatic heterocycles. The molecule has 4 aromatic rings. The van der Waals surface area contributed by atoms with E-state index in [0.29, 0.717) is 21.5 Å². The van der Waals surface area contributed by atoms with Crippen molar-refractivity contribution in [2.75, 3.05) is 5.73 Å².